The van der Waals surface area contributed by atoms with Crippen LogP contribution in [0.25, 0.3) is 0 Å². The van der Waals surface area contributed by atoms with Crippen molar-refractivity contribution in [3.8, 4) is 0 Å². The number of allylic oxidation sites excluding steroid dienone is 1. The van der Waals surface area contributed by atoms with Gasteiger partial charge in [0.15, 0.2) is 6.10 Å². The highest BCUT2D eigenvalue weighted by molar-refractivity contribution is 5.90. The van der Waals surface area contributed by atoms with Gasteiger partial charge in [-0.2, -0.15) is 0 Å². The predicted molar refractivity (Wildman–Crippen MR) is 132 cm³/mol. The standard InChI is InChI=1S/C29H30N2O2/c1-32-21-25-28(22-12-5-2-6-13-22)33-27(31-25)20-26-29(18-11-19-30-26,23-14-7-3-8-15-23)24-16-9-4-10-17-24/h2-10,12-17,20,25,28,30H,11,18-19,21H2,1H3/b26-20-/t25-,28-/m0/s1. The average Bonchev–Trinajstić information content (AvgIpc) is 3.28. The molecule has 4 heteroatoms. The van der Waals surface area contributed by atoms with E-state index in [4.69, 9.17) is 14.5 Å². The van der Waals surface area contributed by atoms with Crippen molar-refractivity contribution >= 4 is 5.90 Å². The monoisotopic (exact) mass is 438 g/mol. The molecule has 2 aliphatic heterocycles. The third-order valence-corrected chi connectivity index (χ3v) is 6.66. The normalized spacial score (nSPS) is 22.9. The van der Waals surface area contributed by atoms with Gasteiger partial charge in [-0.05, 0) is 29.5 Å². The number of hydrogen-bond acceptors (Lipinski definition) is 4. The van der Waals surface area contributed by atoms with E-state index in [0.717, 1.165) is 30.6 Å². The van der Waals surface area contributed by atoms with Crippen molar-refractivity contribution in [2.75, 3.05) is 20.3 Å². The van der Waals surface area contributed by atoms with E-state index in [1.165, 1.54) is 11.1 Å². The van der Waals surface area contributed by atoms with Crippen molar-refractivity contribution in [1.29, 1.82) is 0 Å². The summed E-state index contributed by atoms with van der Waals surface area (Å²) in [5.74, 6) is 0.659. The molecule has 1 N–H and O–H groups in total. The molecule has 0 saturated carbocycles. The molecule has 3 aromatic rings. The Kier molecular flexibility index (Phi) is 6.27. The van der Waals surface area contributed by atoms with Gasteiger partial charge in [-0.3, -0.25) is 0 Å². The number of nitrogens with zero attached hydrogens (tertiary/aromatic N) is 1. The second kappa shape index (κ2) is 9.63. The Balaban J connectivity index is 1.57. The lowest BCUT2D eigenvalue weighted by Gasteiger charge is -2.41. The quantitative estimate of drug-likeness (QED) is 0.558. The number of rotatable bonds is 6. The zero-order valence-corrected chi connectivity index (χ0v) is 19.0. The fourth-order valence-electron chi connectivity index (χ4n) is 5.14. The van der Waals surface area contributed by atoms with Crippen LogP contribution < -0.4 is 5.32 Å². The van der Waals surface area contributed by atoms with Crippen LogP contribution in [0.4, 0.5) is 0 Å². The SMILES string of the molecule is COC[C@@H]1N=C(/C=C2\NCCCC2(c2ccccc2)c2ccccc2)O[C@H]1c1ccccc1. The Bertz CT molecular complexity index is 1070. The Morgan fingerprint density at radius 1 is 0.939 bits per heavy atom. The third-order valence-electron chi connectivity index (χ3n) is 6.66. The molecular weight excluding hydrogens is 408 g/mol. The highest BCUT2D eigenvalue weighted by Crippen LogP contribution is 2.44. The van der Waals surface area contributed by atoms with Crippen LogP contribution in [0.1, 0.15) is 35.6 Å². The van der Waals surface area contributed by atoms with E-state index in [1.54, 1.807) is 7.11 Å². The fraction of sp³-hybridized carbons (Fsp3) is 0.276. The molecular formula is C29H30N2O2. The molecule has 5 rings (SSSR count). The highest BCUT2D eigenvalue weighted by atomic mass is 16.5. The van der Waals surface area contributed by atoms with Crippen LogP contribution in [0, 0.1) is 0 Å². The summed E-state index contributed by atoms with van der Waals surface area (Å²) in [6, 6.07) is 31.8. The highest BCUT2D eigenvalue weighted by Gasteiger charge is 2.41. The lowest BCUT2D eigenvalue weighted by atomic mass is 9.67. The number of aliphatic imine (C=N–C) groups is 1. The Hall–Kier alpha value is -3.37. The molecule has 168 valence electrons. The van der Waals surface area contributed by atoms with E-state index in [-0.39, 0.29) is 17.6 Å². The molecule has 0 radical (unpaired) electrons. The van der Waals surface area contributed by atoms with Crippen LogP contribution in [-0.4, -0.2) is 32.2 Å². The second-order valence-corrected chi connectivity index (χ2v) is 8.66. The maximum absolute atomic E-state index is 6.43. The number of methoxy groups -OCH3 is 1. The largest absolute Gasteiger partial charge is 0.467 e. The average molecular weight is 439 g/mol. The molecule has 0 bridgehead atoms. The summed E-state index contributed by atoms with van der Waals surface area (Å²) >= 11 is 0. The van der Waals surface area contributed by atoms with Gasteiger partial charge in [0.05, 0.1) is 12.0 Å². The molecule has 0 aliphatic carbocycles. The van der Waals surface area contributed by atoms with Crippen molar-refractivity contribution in [1.82, 2.24) is 5.32 Å². The third kappa shape index (κ3) is 4.19. The first-order valence-corrected chi connectivity index (χ1v) is 11.7. The smallest absolute Gasteiger partial charge is 0.211 e. The van der Waals surface area contributed by atoms with E-state index in [0.29, 0.717) is 12.5 Å². The van der Waals surface area contributed by atoms with E-state index >= 15 is 0 Å². The Morgan fingerprint density at radius 3 is 2.15 bits per heavy atom. The topological polar surface area (TPSA) is 42.8 Å². The van der Waals surface area contributed by atoms with Gasteiger partial charge in [0.25, 0.3) is 0 Å². The van der Waals surface area contributed by atoms with Gasteiger partial charge in [-0.25, -0.2) is 4.99 Å². The maximum atomic E-state index is 6.43. The summed E-state index contributed by atoms with van der Waals surface area (Å²) in [7, 11) is 1.71. The minimum absolute atomic E-state index is 0.0734. The number of piperidine rings is 1. The number of hydrogen-bond donors (Lipinski definition) is 1. The molecule has 0 amide bonds. The number of benzene rings is 3. The first kappa shape index (κ1) is 21.5. The van der Waals surface area contributed by atoms with Crippen molar-refractivity contribution in [2.45, 2.75) is 30.4 Å². The van der Waals surface area contributed by atoms with Gasteiger partial charge < -0.3 is 14.8 Å². The predicted octanol–water partition coefficient (Wildman–Crippen LogP) is 5.43. The Morgan fingerprint density at radius 2 is 1.55 bits per heavy atom. The van der Waals surface area contributed by atoms with Crippen LogP contribution in [0.2, 0.25) is 0 Å². The van der Waals surface area contributed by atoms with Gasteiger partial charge in [-0.1, -0.05) is 91.0 Å². The van der Waals surface area contributed by atoms with E-state index in [1.807, 2.05) is 18.2 Å². The minimum atomic E-state index is -0.270. The van der Waals surface area contributed by atoms with E-state index in [9.17, 15) is 0 Å². The van der Waals surface area contributed by atoms with E-state index < -0.39 is 0 Å². The number of ether oxygens (including phenoxy) is 2. The molecule has 0 unspecified atom stereocenters. The van der Waals surface area contributed by atoms with Crippen molar-refractivity contribution in [3.63, 3.8) is 0 Å². The fourth-order valence-corrected chi connectivity index (χ4v) is 5.14. The molecule has 33 heavy (non-hydrogen) atoms. The summed E-state index contributed by atoms with van der Waals surface area (Å²) in [4.78, 5) is 4.94. The van der Waals surface area contributed by atoms with Gasteiger partial charge in [0.1, 0.15) is 6.04 Å². The first-order valence-electron chi connectivity index (χ1n) is 11.7. The van der Waals surface area contributed by atoms with Crippen LogP contribution in [0.15, 0.2) is 108 Å². The van der Waals surface area contributed by atoms with Gasteiger partial charge in [0.2, 0.25) is 5.90 Å². The molecule has 1 saturated heterocycles. The molecule has 0 spiro atoms. The van der Waals surface area contributed by atoms with Crippen LogP contribution >= 0.6 is 0 Å². The van der Waals surface area contributed by atoms with Crippen LogP contribution in [0.5, 0.6) is 0 Å². The minimum Gasteiger partial charge on any atom is -0.467 e. The van der Waals surface area contributed by atoms with Crippen molar-refractivity contribution in [3.05, 3.63) is 119 Å². The number of nitrogens with one attached hydrogen (secondary N) is 1. The summed E-state index contributed by atoms with van der Waals surface area (Å²) < 4.78 is 11.9. The van der Waals surface area contributed by atoms with Gasteiger partial charge in [-0.15, -0.1) is 0 Å². The lowest BCUT2D eigenvalue weighted by Crippen LogP contribution is -2.42. The summed E-state index contributed by atoms with van der Waals surface area (Å²) in [6.07, 6.45) is 4.08. The van der Waals surface area contributed by atoms with Crippen molar-refractivity contribution < 1.29 is 9.47 Å². The Labute approximate surface area is 196 Å². The van der Waals surface area contributed by atoms with Gasteiger partial charge in [0, 0.05) is 25.4 Å². The molecule has 2 heterocycles. The molecule has 3 aromatic carbocycles. The second-order valence-electron chi connectivity index (χ2n) is 8.66. The zero-order valence-electron chi connectivity index (χ0n) is 19.0. The molecule has 4 nitrogen and oxygen atoms in total. The molecule has 0 aromatic heterocycles. The maximum Gasteiger partial charge on any atom is 0.211 e. The van der Waals surface area contributed by atoms with Crippen LogP contribution in [0.3, 0.4) is 0 Å². The van der Waals surface area contributed by atoms with Crippen LogP contribution in [-0.2, 0) is 14.9 Å². The molecule has 1 fully saturated rings. The molecule has 2 aliphatic rings. The van der Waals surface area contributed by atoms with Crippen molar-refractivity contribution in [2.24, 2.45) is 4.99 Å². The van der Waals surface area contributed by atoms with Gasteiger partial charge >= 0.3 is 0 Å². The zero-order chi connectivity index (χ0) is 22.5. The lowest BCUT2D eigenvalue weighted by molar-refractivity contribution is 0.120. The van der Waals surface area contributed by atoms with E-state index in [2.05, 4.69) is 84.2 Å². The summed E-state index contributed by atoms with van der Waals surface area (Å²) in [5.41, 5.74) is 4.54. The molecule has 2 atom stereocenters. The summed E-state index contributed by atoms with van der Waals surface area (Å²) in [5, 5.41) is 3.70. The first-order chi connectivity index (χ1) is 16.3. The summed E-state index contributed by atoms with van der Waals surface area (Å²) in [6.45, 7) is 1.45.